The number of hydroxylamine groups is 4. The number of hydrogen-bond acceptors (Lipinski definition) is 16. The molecule has 0 bridgehead atoms. The van der Waals surface area contributed by atoms with E-state index in [0.717, 1.165) is 78.8 Å². The van der Waals surface area contributed by atoms with E-state index in [-0.39, 0.29) is 17.3 Å². The number of alkyl halides is 3. The van der Waals surface area contributed by atoms with Crippen molar-refractivity contribution in [3.63, 3.8) is 0 Å². The zero-order valence-electron chi connectivity index (χ0n) is 35.3. The highest BCUT2D eigenvalue weighted by Crippen LogP contribution is 2.36. The zero-order valence-corrected chi connectivity index (χ0v) is 36.1. The average molecular weight is 899 g/mol. The second-order valence-corrected chi connectivity index (χ2v) is 16.2. The van der Waals surface area contributed by atoms with Gasteiger partial charge in [0.15, 0.2) is 11.4 Å². The van der Waals surface area contributed by atoms with Crippen LogP contribution in [0.2, 0.25) is 0 Å². The highest BCUT2D eigenvalue weighted by Gasteiger charge is 2.49. The average Bonchev–Trinajstić information content (AvgIpc) is 3.60. The van der Waals surface area contributed by atoms with E-state index < -0.39 is 27.5 Å². The normalized spacial score (nSPS) is 14.7. The molecule has 2 aliphatic carbocycles. The number of ether oxygens (including phenoxy) is 1. The molecule has 4 aromatic heterocycles. The number of amides is 2. The Morgan fingerprint density at radius 2 is 1.29 bits per heavy atom. The molecule has 24 heteroatoms. The lowest BCUT2D eigenvalue weighted by Gasteiger charge is -2.28. The summed E-state index contributed by atoms with van der Waals surface area (Å²) in [5.41, 5.74) is 2.17. The van der Waals surface area contributed by atoms with Gasteiger partial charge in [-0.05, 0) is 73.9 Å². The Morgan fingerprint density at radius 3 is 1.79 bits per heavy atom. The number of benzene rings is 1. The summed E-state index contributed by atoms with van der Waals surface area (Å²) in [6.07, 6.45) is 7.04. The molecule has 8 rings (SSSR count). The Morgan fingerprint density at radius 1 is 0.778 bits per heavy atom. The van der Waals surface area contributed by atoms with Gasteiger partial charge in [0.1, 0.15) is 0 Å². The summed E-state index contributed by atoms with van der Waals surface area (Å²) in [5.74, 6) is -0.276. The zero-order chi connectivity index (χ0) is 45.2. The Bertz CT molecular complexity index is 2620. The number of halogens is 3. The fourth-order valence-electron chi connectivity index (χ4n) is 7.45. The highest BCUT2D eigenvalue weighted by atomic mass is 32.2. The van der Waals surface area contributed by atoms with Crippen molar-refractivity contribution in [3.8, 4) is 28.8 Å². The van der Waals surface area contributed by atoms with Gasteiger partial charge >= 0.3 is 21.6 Å². The second-order valence-electron chi connectivity index (χ2n) is 14.6. The molecule has 0 saturated carbocycles. The molecule has 1 fully saturated rings. The van der Waals surface area contributed by atoms with Gasteiger partial charge in [-0.15, -0.1) is 0 Å². The number of carbonyl (C=O) groups is 2. The smallest absolute Gasteiger partial charge is 0.378 e. The number of carbonyl (C=O) groups excluding carboxylic acids is 2. The van der Waals surface area contributed by atoms with Crippen molar-refractivity contribution >= 4 is 39.3 Å². The minimum Gasteiger partial charge on any atom is -0.378 e. The van der Waals surface area contributed by atoms with Gasteiger partial charge in [-0.2, -0.15) is 36.8 Å². The van der Waals surface area contributed by atoms with Crippen molar-refractivity contribution < 1.29 is 49.8 Å². The summed E-state index contributed by atoms with van der Waals surface area (Å²) in [6.45, 7) is 3.32. The van der Waals surface area contributed by atoms with E-state index in [1.807, 2.05) is 25.4 Å². The van der Waals surface area contributed by atoms with Crippen LogP contribution in [0.3, 0.4) is 0 Å². The molecule has 1 aromatic carbocycles. The molecule has 1 N–H and O–H groups in total. The first-order valence-corrected chi connectivity index (χ1v) is 21.1. The first-order valence-electron chi connectivity index (χ1n) is 19.7. The fourth-order valence-corrected chi connectivity index (χ4v) is 7.82. The predicted octanol–water partition coefficient (Wildman–Crippen LogP) is 3.81. The molecular weight excluding hydrogens is 854 g/mol. The van der Waals surface area contributed by atoms with Crippen molar-refractivity contribution in [2.75, 3.05) is 64.8 Å². The molecule has 5 aromatic rings. The maximum absolute atomic E-state index is 12.8. The van der Waals surface area contributed by atoms with Crippen LogP contribution < -0.4 is 14.4 Å². The van der Waals surface area contributed by atoms with Crippen molar-refractivity contribution in [1.29, 1.82) is 0 Å². The molecule has 0 radical (unpaired) electrons. The molecule has 63 heavy (non-hydrogen) atoms. The molecule has 336 valence electrons. The topological polar surface area (TPSA) is 214 Å². The Hall–Kier alpha value is -6.24. The van der Waals surface area contributed by atoms with E-state index in [1.165, 1.54) is 49.9 Å². The molecule has 1 aliphatic heterocycles. The molecule has 0 atom stereocenters. The number of aromatic nitrogens is 8. The summed E-state index contributed by atoms with van der Waals surface area (Å²) >= 11 is 0. The molecule has 5 heterocycles. The number of nitrogens with one attached hydrogen (secondary N) is 1. The SMILES string of the molecule is CON(C)C(=O)c1nn(C)c2c1CCCc1cnc(Nc3ccc(N4CCOCC4)cc3)nc1-2.CON(C)C(=O)c1nn(C)c2c1CCCc1cnc(OS(=O)(=O)C(F)(F)F)nc1-2. The first kappa shape index (κ1) is 44.8. The summed E-state index contributed by atoms with van der Waals surface area (Å²) in [5, 5.41) is 14.2. The van der Waals surface area contributed by atoms with Crippen LogP contribution in [0.5, 0.6) is 6.01 Å². The molecule has 3 aliphatic rings. The van der Waals surface area contributed by atoms with Gasteiger partial charge in [0.25, 0.3) is 11.8 Å². The maximum atomic E-state index is 12.8. The minimum atomic E-state index is -5.92. The predicted molar refractivity (Wildman–Crippen MR) is 219 cm³/mol. The van der Waals surface area contributed by atoms with Gasteiger partial charge in [-0.1, -0.05) is 0 Å². The van der Waals surface area contributed by atoms with E-state index in [0.29, 0.717) is 47.7 Å². The number of anilines is 3. The largest absolute Gasteiger partial charge is 0.534 e. The highest BCUT2D eigenvalue weighted by molar-refractivity contribution is 7.87. The van der Waals surface area contributed by atoms with Crippen LogP contribution in [0.4, 0.5) is 30.5 Å². The van der Waals surface area contributed by atoms with Crippen LogP contribution >= 0.6 is 0 Å². The van der Waals surface area contributed by atoms with Gasteiger partial charge in [0.05, 0.1) is 50.2 Å². The minimum absolute atomic E-state index is 0.101. The van der Waals surface area contributed by atoms with E-state index in [9.17, 15) is 31.2 Å². The van der Waals surface area contributed by atoms with E-state index in [1.54, 1.807) is 11.7 Å². The Labute approximate surface area is 360 Å². The first-order chi connectivity index (χ1) is 30.0. The number of morpholine rings is 1. The van der Waals surface area contributed by atoms with Gasteiger partial charge in [0, 0.05) is 76.2 Å². The van der Waals surface area contributed by atoms with Gasteiger partial charge < -0.3 is 19.1 Å². The Balaban J connectivity index is 0.000000192. The quantitative estimate of drug-likeness (QED) is 0.127. The Kier molecular flexibility index (Phi) is 13.0. The summed E-state index contributed by atoms with van der Waals surface area (Å²) in [7, 11) is 3.23. The molecular formula is C39H45F3N12O8S. The van der Waals surface area contributed by atoms with Crippen LogP contribution in [0, 0.1) is 0 Å². The third-order valence-corrected chi connectivity index (χ3v) is 11.6. The molecule has 2 amide bonds. The van der Waals surface area contributed by atoms with E-state index in [2.05, 4.69) is 51.7 Å². The fraction of sp³-hybridized carbons (Fsp3) is 0.436. The number of hydrogen-bond donors (Lipinski definition) is 1. The van der Waals surface area contributed by atoms with Crippen molar-refractivity contribution in [1.82, 2.24) is 49.6 Å². The number of aryl methyl sites for hydroxylation is 4. The monoisotopic (exact) mass is 898 g/mol. The number of nitrogens with zero attached hydrogens (tertiary/aromatic N) is 11. The van der Waals surface area contributed by atoms with Crippen LogP contribution in [0.25, 0.3) is 22.8 Å². The van der Waals surface area contributed by atoms with E-state index in [4.69, 9.17) is 19.4 Å². The lowest BCUT2D eigenvalue weighted by Crippen LogP contribution is -2.36. The van der Waals surface area contributed by atoms with Gasteiger partial charge in [-0.25, -0.2) is 25.1 Å². The van der Waals surface area contributed by atoms with Crippen molar-refractivity contribution in [2.45, 2.75) is 44.0 Å². The number of rotatable bonds is 9. The summed E-state index contributed by atoms with van der Waals surface area (Å²) in [6, 6.07) is 7.29. The van der Waals surface area contributed by atoms with Crippen LogP contribution in [-0.4, -0.2) is 130 Å². The molecule has 20 nitrogen and oxygen atoms in total. The maximum Gasteiger partial charge on any atom is 0.534 e. The standard InChI is InChI=1S/C24H29N7O3.C15H16F3N5O5S/c1-29-22-19(21(28-29)23(32)30(2)33-3)6-4-5-16-15-25-24(27-20(16)22)26-17-7-9-18(10-8-17)31-11-13-34-14-12-31;1-22-12-9(11(21-22)13(24)23(2)27-3)6-4-5-8-7-19-14(20-10(8)12)28-29(25,26)15(16,17)18/h7-10,15H,4-6,11-14H2,1-3H3,(H,25,26,27);7H,4-6H2,1-3H3. The summed E-state index contributed by atoms with van der Waals surface area (Å²) < 4.78 is 72.9. The van der Waals surface area contributed by atoms with Crippen molar-refractivity contribution in [3.05, 3.63) is 70.3 Å². The molecule has 0 spiro atoms. The molecule has 1 saturated heterocycles. The third kappa shape index (κ3) is 9.28. The number of fused-ring (bicyclic) bond motifs is 6. The van der Waals surface area contributed by atoms with Gasteiger partial charge in [0.2, 0.25) is 5.95 Å². The van der Waals surface area contributed by atoms with Crippen LogP contribution in [-0.2, 0) is 64.3 Å². The third-order valence-electron chi connectivity index (χ3n) is 10.7. The van der Waals surface area contributed by atoms with E-state index >= 15 is 0 Å². The lowest BCUT2D eigenvalue weighted by atomic mass is 10.1. The van der Waals surface area contributed by atoms with Crippen LogP contribution in [0.15, 0.2) is 36.7 Å². The summed E-state index contributed by atoms with van der Waals surface area (Å²) in [4.78, 5) is 54.5. The second kappa shape index (κ2) is 18.2. The van der Waals surface area contributed by atoms with Gasteiger partial charge in [-0.3, -0.25) is 28.6 Å². The molecule has 0 unspecified atom stereocenters. The van der Waals surface area contributed by atoms with Crippen LogP contribution in [0.1, 0.15) is 56.1 Å². The van der Waals surface area contributed by atoms with Crippen molar-refractivity contribution in [2.24, 2.45) is 14.1 Å². The lowest BCUT2D eigenvalue weighted by molar-refractivity contribution is -0.0761.